The number of hydrogen-bond donors (Lipinski definition) is 6. The summed E-state index contributed by atoms with van der Waals surface area (Å²) in [4.78, 5) is 69.1. The number of hydrogen-bond acceptors (Lipinski definition) is 8. The van der Waals surface area contributed by atoms with Gasteiger partial charge in [-0.3, -0.25) is 19.7 Å². The number of alkyl carbamates (subject to hydrolysis) is 1. The molecule has 0 aliphatic heterocycles. The number of benzene rings is 4. The van der Waals surface area contributed by atoms with Crippen molar-refractivity contribution in [3.8, 4) is 5.75 Å². The molecule has 4 rings (SSSR count). The van der Waals surface area contributed by atoms with Crippen LogP contribution >= 0.6 is 0 Å². The maximum absolute atomic E-state index is 14.0. The molecule has 3 atom stereocenters. The molecule has 0 bridgehead atoms. The fraction of sp³-hybridized carbons (Fsp3) is 0.286. The van der Waals surface area contributed by atoms with Gasteiger partial charge >= 0.3 is 12.2 Å². The van der Waals surface area contributed by atoms with Crippen LogP contribution in [0.5, 0.6) is 5.75 Å². The zero-order valence-corrected chi connectivity index (χ0v) is 31.8. The molecule has 294 valence electrons. The number of phenols is 1. The van der Waals surface area contributed by atoms with Crippen LogP contribution in [0, 0.1) is 13.8 Å². The van der Waals surface area contributed by atoms with Crippen molar-refractivity contribution in [3.63, 3.8) is 0 Å². The van der Waals surface area contributed by atoms with Gasteiger partial charge in [0.25, 0.3) is 0 Å². The fourth-order valence-corrected chi connectivity index (χ4v) is 5.78. The smallest absolute Gasteiger partial charge is 0.437 e. The largest absolute Gasteiger partial charge is 0.508 e. The van der Waals surface area contributed by atoms with Crippen LogP contribution in [0.4, 0.5) is 9.59 Å². The molecule has 0 saturated carbocycles. The number of nitrogens with zero attached hydrogens (tertiary/aromatic N) is 1. The Morgan fingerprint density at radius 3 is 1.79 bits per heavy atom. The van der Waals surface area contributed by atoms with Gasteiger partial charge in [-0.25, -0.2) is 9.59 Å². The molecule has 0 saturated heterocycles. The molecule has 0 heterocycles. The van der Waals surface area contributed by atoms with E-state index in [1.807, 2.05) is 42.5 Å². The standard InChI is InChI=1S/C42H48N6O8/c1-27-20-35(50)21-28(2)36(27)23-37(39(52)44-29(3)38(51)43-24-34(45-30(4)49)22-31-14-8-5-9-15-31)46-40(47-41(53)55-25-32-16-10-6-11-17-32)48-42(54)56-26-33-18-12-7-13-19-33/h5-21,29,34,37,50H,22-26H2,1-4H3,(H,43,51)(H,44,52)(H,45,49)(H2,46,47,48,53,54)/t29-,34+,37+/m1/s1. The van der Waals surface area contributed by atoms with Gasteiger partial charge in [0.2, 0.25) is 23.7 Å². The molecule has 0 unspecified atom stereocenters. The maximum Gasteiger partial charge on any atom is 0.437 e. The van der Waals surface area contributed by atoms with Crippen LogP contribution in [0.15, 0.2) is 108 Å². The lowest BCUT2D eigenvalue weighted by Crippen LogP contribution is -2.57. The Morgan fingerprint density at radius 1 is 0.696 bits per heavy atom. The van der Waals surface area contributed by atoms with Gasteiger partial charge in [0, 0.05) is 19.9 Å². The second-order valence-electron chi connectivity index (χ2n) is 13.2. The van der Waals surface area contributed by atoms with Crippen molar-refractivity contribution in [1.29, 1.82) is 0 Å². The maximum atomic E-state index is 14.0. The van der Waals surface area contributed by atoms with Crippen LogP contribution in [0.1, 0.15) is 47.2 Å². The molecule has 0 radical (unpaired) electrons. The van der Waals surface area contributed by atoms with E-state index in [0.717, 1.165) is 5.56 Å². The van der Waals surface area contributed by atoms with Crippen LogP contribution in [-0.4, -0.2) is 65.6 Å². The van der Waals surface area contributed by atoms with Crippen molar-refractivity contribution in [1.82, 2.24) is 26.6 Å². The monoisotopic (exact) mass is 764 g/mol. The van der Waals surface area contributed by atoms with Gasteiger partial charge in [-0.05, 0) is 72.7 Å². The molecule has 5 amide bonds. The summed E-state index contributed by atoms with van der Waals surface area (Å²) in [6.07, 6.45) is -1.58. The molecule has 56 heavy (non-hydrogen) atoms. The second kappa shape index (κ2) is 21.3. The highest BCUT2D eigenvalue weighted by Crippen LogP contribution is 2.22. The number of carbonyl (C=O) groups excluding carboxylic acids is 5. The summed E-state index contributed by atoms with van der Waals surface area (Å²) in [6.45, 7) is 6.33. The van der Waals surface area contributed by atoms with E-state index in [2.05, 4.69) is 31.6 Å². The molecule has 0 fully saturated rings. The number of amides is 5. The summed E-state index contributed by atoms with van der Waals surface area (Å²) in [7, 11) is 0. The summed E-state index contributed by atoms with van der Waals surface area (Å²) < 4.78 is 10.7. The Bertz CT molecular complexity index is 1950. The van der Waals surface area contributed by atoms with E-state index in [0.29, 0.717) is 34.2 Å². The molecule has 14 heteroatoms. The van der Waals surface area contributed by atoms with Crippen LogP contribution in [0.3, 0.4) is 0 Å². The number of guanidine groups is 1. The van der Waals surface area contributed by atoms with E-state index in [9.17, 15) is 29.1 Å². The number of ether oxygens (including phenoxy) is 2. The Morgan fingerprint density at radius 2 is 1.23 bits per heavy atom. The summed E-state index contributed by atoms with van der Waals surface area (Å²) in [5.74, 6) is -1.84. The number of nitrogens with one attached hydrogen (secondary N) is 5. The summed E-state index contributed by atoms with van der Waals surface area (Å²) in [5.41, 5.74) is 4.41. The third-order valence-electron chi connectivity index (χ3n) is 8.56. The lowest BCUT2D eigenvalue weighted by molar-refractivity contribution is -0.129. The molecule has 14 nitrogen and oxygen atoms in total. The van der Waals surface area contributed by atoms with E-state index in [1.165, 1.54) is 13.8 Å². The van der Waals surface area contributed by atoms with Gasteiger partial charge in [0.1, 0.15) is 31.0 Å². The van der Waals surface area contributed by atoms with Gasteiger partial charge in [0.05, 0.1) is 6.04 Å². The predicted molar refractivity (Wildman–Crippen MR) is 210 cm³/mol. The molecule has 0 spiro atoms. The zero-order chi connectivity index (χ0) is 40.5. The summed E-state index contributed by atoms with van der Waals surface area (Å²) in [5, 5.41) is 23.8. The summed E-state index contributed by atoms with van der Waals surface area (Å²) in [6, 6.07) is 27.7. The Labute approximate surface area is 326 Å². The zero-order valence-electron chi connectivity index (χ0n) is 31.8. The third kappa shape index (κ3) is 14.3. The van der Waals surface area contributed by atoms with Crippen LogP contribution in [0.2, 0.25) is 0 Å². The predicted octanol–water partition coefficient (Wildman–Crippen LogP) is 4.50. The minimum Gasteiger partial charge on any atom is -0.508 e. The van der Waals surface area contributed by atoms with Gasteiger partial charge in [-0.2, -0.15) is 0 Å². The number of aromatic hydroxyl groups is 1. The van der Waals surface area contributed by atoms with Gasteiger partial charge in [0.15, 0.2) is 0 Å². The average Bonchev–Trinajstić information content (AvgIpc) is 3.17. The van der Waals surface area contributed by atoms with Crippen molar-refractivity contribution in [3.05, 3.63) is 137 Å². The minimum absolute atomic E-state index is 0.0153. The van der Waals surface area contributed by atoms with Crippen molar-refractivity contribution in [2.24, 2.45) is 4.99 Å². The highest BCUT2D eigenvalue weighted by Gasteiger charge is 2.27. The van der Waals surface area contributed by atoms with Crippen molar-refractivity contribution < 1.29 is 38.6 Å². The molecule has 0 aromatic heterocycles. The van der Waals surface area contributed by atoms with E-state index in [1.54, 1.807) is 74.5 Å². The van der Waals surface area contributed by atoms with Crippen LogP contribution in [-0.2, 0) is 49.9 Å². The molecule has 4 aromatic carbocycles. The van der Waals surface area contributed by atoms with Crippen LogP contribution in [0.25, 0.3) is 0 Å². The number of phenolic OH excluding ortho intramolecular Hbond substituents is 1. The Kier molecular flexibility index (Phi) is 16.0. The number of aliphatic imine (C=N–C) groups is 1. The lowest BCUT2D eigenvalue weighted by atomic mass is 9.95. The summed E-state index contributed by atoms with van der Waals surface area (Å²) >= 11 is 0. The first-order valence-corrected chi connectivity index (χ1v) is 18.1. The Balaban J connectivity index is 1.54. The van der Waals surface area contributed by atoms with Crippen molar-refractivity contribution in [2.45, 2.75) is 71.9 Å². The molecular weight excluding hydrogens is 716 g/mol. The second-order valence-corrected chi connectivity index (χ2v) is 13.2. The third-order valence-corrected chi connectivity index (χ3v) is 8.56. The SMILES string of the molecule is CC(=O)N[C@H](CNC(=O)[C@@H](C)NC(=O)[C@H](Cc1c(C)cc(O)cc1C)N/C(=N/C(=O)OCc1ccccc1)NC(=O)OCc1ccccc1)Cc1ccccc1. The van der Waals surface area contributed by atoms with Gasteiger partial charge in [-0.1, -0.05) is 91.0 Å². The quantitative estimate of drug-likeness (QED) is 0.0746. The highest BCUT2D eigenvalue weighted by molar-refractivity contribution is 6.01. The highest BCUT2D eigenvalue weighted by atomic mass is 16.6. The molecular formula is C42H48N6O8. The minimum atomic E-state index is -1.23. The van der Waals surface area contributed by atoms with Crippen LogP contribution < -0.4 is 26.6 Å². The van der Waals surface area contributed by atoms with Gasteiger partial charge < -0.3 is 35.8 Å². The average molecular weight is 765 g/mol. The van der Waals surface area contributed by atoms with E-state index in [-0.39, 0.29) is 37.8 Å². The fourth-order valence-electron chi connectivity index (χ4n) is 5.78. The molecule has 6 N–H and O–H groups in total. The number of carbonyl (C=O) groups is 5. The van der Waals surface area contributed by atoms with Crippen molar-refractivity contribution in [2.75, 3.05) is 6.54 Å². The van der Waals surface area contributed by atoms with Crippen molar-refractivity contribution >= 4 is 35.9 Å². The van der Waals surface area contributed by atoms with E-state index >= 15 is 0 Å². The lowest BCUT2D eigenvalue weighted by Gasteiger charge is -2.25. The van der Waals surface area contributed by atoms with E-state index < -0.39 is 48.1 Å². The van der Waals surface area contributed by atoms with Gasteiger partial charge in [-0.15, -0.1) is 4.99 Å². The Hall–Kier alpha value is -6.70. The molecule has 0 aliphatic carbocycles. The first-order chi connectivity index (χ1) is 26.9. The number of rotatable bonds is 15. The number of aryl methyl sites for hydroxylation is 2. The van der Waals surface area contributed by atoms with E-state index in [4.69, 9.17) is 9.47 Å². The molecule has 4 aromatic rings. The topological polar surface area (TPSA) is 197 Å². The normalized spacial score (nSPS) is 12.6. The first-order valence-electron chi connectivity index (χ1n) is 18.1. The molecule has 0 aliphatic rings. The first kappa shape index (κ1) is 42.0.